The van der Waals surface area contributed by atoms with Crippen LogP contribution >= 0.6 is 11.8 Å². The molecule has 7 heteroatoms. The molecule has 2 bridgehead atoms. The topological polar surface area (TPSA) is 81.2 Å². The molecule has 3 aliphatic rings. The Morgan fingerprint density at radius 2 is 1.90 bits per heavy atom. The van der Waals surface area contributed by atoms with Crippen LogP contribution in [0.4, 0.5) is 0 Å². The lowest BCUT2D eigenvalue weighted by Gasteiger charge is -2.31. The molecule has 1 aromatic rings. The Morgan fingerprint density at radius 3 is 2.48 bits per heavy atom. The van der Waals surface area contributed by atoms with Gasteiger partial charge in [0.15, 0.2) is 5.16 Å². The van der Waals surface area contributed by atoms with E-state index < -0.39 is 0 Å². The third kappa shape index (κ3) is 4.07. The van der Waals surface area contributed by atoms with E-state index in [4.69, 9.17) is 10.7 Å². The third-order valence-electron chi connectivity index (χ3n) is 7.75. The molecular weight excluding hydrogens is 384 g/mol. The van der Waals surface area contributed by atoms with Crippen LogP contribution in [-0.4, -0.2) is 45.1 Å². The zero-order chi connectivity index (χ0) is 20.7. The van der Waals surface area contributed by atoms with E-state index in [0.29, 0.717) is 37.7 Å². The van der Waals surface area contributed by atoms with Gasteiger partial charge in [-0.2, -0.15) is 0 Å². The number of thioether (sulfide) groups is 1. The van der Waals surface area contributed by atoms with Crippen molar-refractivity contribution in [3.63, 3.8) is 0 Å². The van der Waals surface area contributed by atoms with E-state index in [1.54, 1.807) is 11.8 Å². The predicted molar refractivity (Wildman–Crippen MR) is 115 cm³/mol. The van der Waals surface area contributed by atoms with Gasteiger partial charge in [0.2, 0.25) is 11.8 Å². The van der Waals surface area contributed by atoms with E-state index in [2.05, 4.69) is 25.3 Å². The second-order valence-electron chi connectivity index (χ2n) is 9.36. The van der Waals surface area contributed by atoms with Crippen LogP contribution in [0.25, 0.3) is 0 Å². The maximum absolute atomic E-state index is 12.7. The van der Waals surface area contributed by atoms with Gasteiger partial charge in [0.1, 0.15) is 0 Å². The minimum atomic E-state index is -0.242. The molecule has 6 nitrogen and oxygen atoms in total. The van der Waals surface area contributed by atoms with Crippen molar-refractivity contribution in [3.05, 3.63) is 11.4 Å². The number of nitrogens with two attached hydrogens (primary N) is 1. The number of piperidine rings is 1. The number of carbonyl (C=O) groups excluding carboxylic acids is 2. The van der Waals surface area contributed by atoms with Crippen LogP contribution < -0.4 is 5.73 Å². The Bertz CT molecular complexity index is 784. The first kappa shape index (κ1) is 20.8. The lowest BCUT2D eigenvalue weighted by atomic mass is 9.84. The van der Waals surface area contributed by atoms with Gasteiger partial charge in [0, 0.05) is 30.7 Å². The minimum absolute atomic E-state index is 0.0847. The summed E-state index contributed by atoms with van der Waals surface area (Å²) in [5, 5.41) is 0.982. The number of fused-ring (bicyclic) bond motifs is 2. The number of aromatic nitrogens is 2. The number of likely N-dealkylation sites (tertiary alicyclic amines) is 1. The number of hydrogen-bond donors (Lipinski definition) is 1. The molecular formula is C22H34N4O2S. The SMILES string of the molecule is Cc1nc(SCC(=O)N2CCC(C(N)=O)CC2)n([C@@H](C)[C@H]2C[C@H]3CC[C@H]2C3)c1C. The summed E-state index contributed by atoms with van der Waals surface area (Å²) in [6.07, 6.45) is 6.91. The Kier molecular flexibility index (Phi) is 5.96. The van der Waals surface area contributed by atoms with Crippen molar-refractivity contribution in [2.75, 3.05) is 18.8 Å². The summed E-state index contributed by atoms with van der Waals surface area (Å²) >= 11 is 1.57. The number of amides is 2. The van der Waals surface area contributed by atoms with E-state index in [1.807, 2.05) is 4.90 Å². The van der Waals surface area contributed by atoms with Gasteiger partial charge in [-0.15, -0.1) is 0 Å². The van der Waals surface area contributed by atoms with Crippen LogP contribution in [0.15, 0.2) is 5.16 Å². The highest BCUT2D eigenvalue weighted by atomic mass is 32.2. The molecule has 0 aromatic carbocycles. The monoisotopic (exact) mass is 418 g/mol. The number of carbonyl (C=O) groups is 2. The van der Waals surface area contributed by atoms with Crippen molar-refractivity contribution >= 4 is 23.6 Å². The highest BCUT2D eigenvalue weighted by Gasteiger charge is 2.43. The summed E-state index contributed by atoms with van der Waals surface area (Å²) < 4.78 is 2.40. The fourth-order valence-corrected chi connectivity index (χ4v) is 6.96. The van der Waals surface area contributed by atoms with Crippen molar-refractivity contribution in [2.45, 2.75) is 70.5 Å². The number of aryl methyl sites for hydroxylation is 1. The van der Waals surface area contributed by atoms with Crippen molar-refractivity contribution < 1.29 is 9.59 Å². The average Bonchev–Trinajstić information content (AvgIpc) is 3.41. The Labute approximate surface area is 178 Å². The van der Waals surface area contributed by atoms with Crippen LogP contribution in [0, 0.1) is 37.5 Å². The van der Waals surface area contributed by atoms with Crippen LogP contribution in [0.1, 0.15) is 62.9 Å². The fourth-order valence-electron chi connectivity index (χ4n) is 5.88. The summed E-state index contributed by atoms with van der Waals surface area (Å²) in [5.41, 5.74) is 7.70. The van der Waals surface area contributed by atoms with E-state index in [9.17, 15) is 9.59 Å². The van der Waals surface area contributed by atoms with E-state index >= 15 is 0 Å². The third-order valence-corrected chi connectivity index (χ3v) is 8.69. The van der Waals surface area contributed by atoms with Crippen LogP contribution in [0.5, 0.6) is 0 Å². The normalized spacial score (nSPS) is 28.1. The summed E-state index contributed by atoms with van der Waals surface area (Å²) in [6.45, 7) is 7.83. The molecule has 160 valence electrons. The molecule has 4 rings (SSSR count). The molecule has 3 fully saturated rings. The summed E-state index contributed by atoms with van der Waals surface area (Å²) in [4.78, 5) is 30.8. The Morgan fingerprint density at radius 1 is 1.17 bits per heavy atom. The van der Waals surface area contributed by atoms with Crippen molar-refractivity contribution in [1.82, 2.24) is 14.5 Å². The molecule has 1 aromatic heterocycles. The number of primary amides is 1. The van der Waals surface area contributed by atoms with Gasteiger partial charge in [-0.05, 0) is 70.6 Å². The van der Waals surface area contributed by atoms with Crippen LogP contribution in [0.3, 0.4) is 0 Å². The molecule has 2 amide bonds. The number of nitrogens with zero attached hydrogens (tertiary/aromatic N) is 3. The van der Waals surface area contributed by atoms with Gasteiger partial charge < -0.3 is 15.2 Å². The van der Waals surface area contributed by atoms with Crippen LogP contribution in [-0.2, 0) is 9.59 Å². The van der Waals surface area contributed by atoms with Crippen LogP contribution in [0.2, 0.25) is 0 Å². The average molecular weight is 419 g/mol. The smallest absolute Gasteiger partial charge is 0.233 e. The van der Waals surface area contributed by atoms with E-state index in [1.165, 1.54) is 31.4 Å². The number of imidazole rings is 1. The van der Waals surface area contributed by atoms with Gasteiger partial charge in [-0.1, -0.05) is 18.2 Å². The second kappa shape index (κ2) is 8.32. The Balaban J connectivity index is 1.40. The number of hydrogen-bond acceptors (Lipinski definition) is 4. The molecule has 2 saturated carbocycles. The second-order valence-corrected chi connectivity index (χ2v) is 10.3. The van der Waals surface area contributed by atoms with Gasteiger partial charge in [-0.25, -0.2) is 4.98 Å². The fraction of sp³-hybridized carbons (Fsp3) is 0.773. The minimum Gasteiger partial charge on any atom is -0.369 e. The summed E-state index contributed by atoms with van der Waals surface area (Å²) in [6, 6.07) is 0.440. The quantitative estimate of drug-likeness (QED) is 0.719. The summed E-state index contributed by atoms with van der Waals surface area (Å²) in [5.74, 6) is 2.74. The van der Waals surface area contributed by atoms with Gasteiger partial charge in [-0.3, -0.25) is 9.59 Å². The van der Waals surface area contributed by atoms with Crippen molar-refractivity contribution in [2.24, 2.45) is 29.4 Å². The molecule has 2 heterocycles. The Hall–Kier alpha value is -1.50. The molecule has 0 unspecified atom stereocenters. The summed E-state index contributed by atoms with van der Waals surface area (Å²) in [7, 11) is 0. The van der Waals surface area contributed by atoms with Crippen molar-refractivity contribution in [3.8, 4) is 0 Å². The maximum Gasteiger partial charge on any atom is 0.233 e. The first-order valence-electron chi connectivity index (χ1n) is 11.1. The number of rotatable bonds is 6. The zero-order valence-electron chi connectivity index (χ0n) is 17.9. The molecule has 0 radical (unpaired) electrons. The van der Waals surface area contributed by atoms with E-state index in [-0.39, 0.29) is 17.7 Å². The lowest BCUT2D eigenvalue weighted by molar-refractivity contribution is -0.132. The molecule has 1 saturated heterocycles. The first-order valence-corrected chi connectivity index (χ1v) is 12.1. The maximum atomic E-state index is 12.7. The van der Waals surface area contributed by atoms with Gasteiger partial charge >= 0.3 is 0 Å². The molecule has 4 atom stereocenters. The van der Waals surface area contributed by atoms with E-state index in [0.717, 1.165) is 28.6 Å². The predicted octanol–water partition coefficient (Wildman–Crippen LogP) is 3.31. The highest BCUT2D eigenvalue weighted by Crippen LogP contribution is 2.52. The first-order chi connectivity index (χ1) is 13.8. The van der Waals surface area contributed by atoms with Gasteiger partial charge in [0.25, 0.3) is 0 Å². The highest BCUT2D eigenvalue weighted by molar-refractivity contribution is 7.99. The molecule has 2 aliphatic carbocycles. The molecule has 0 spiro atoms. The molecule has 1 aliphatic heterocycles. The standard InChI is InChI=1S/C22H34N4O2S/c1-13-14(2)26(15(3)19-11-16-4-5-18(19)10-16)22(24-13)29-12-20(27)25-8-6-17(7-9-25)21(23)28/h15-19H,4-12H2,1-3H3,(H2,23,28)/t15-,16-,18-,19+/m0/s1. The van der Waals surface area contributed by atoms with Gasteiger partial charge in [0.05, 0.1) is 11.4 Å². The zero-order valence-corrected chi connectivity index (χ0v) is 18.7. The molecule has 29 heavy (non-hydrogen) atoms. The largest absolute Gasteiger partial charge is 0.369 e. The lowest BCUT2D eigenvalue weighted by Crippen LogP contribution is -2.42. The van der Waals surface area contributed by atoms with Crippen molar-refractivity contribution in [1.29, 1.82) is 0 Å². The molecule has 2 N–H and O–H groups in total.